The molecule has 2 aromatic carbocycles. The van der Waals surface area contributed by atoms with Gasteiger partial charge in [0.1, 0.15) is 0 Å². The summed E-state index contributed by atoms with van der Waals surface area (Å²) in [7, 11) is 1.38. The minimum absolute atomic E-state index is 0.141. The van der Waals surface area contributed by atoms with E-state index < -0.39 is 11.8 Å². The van der Waals surface area contributed by atoms with E-state index in [1.807, 2.05) is 0 Å². The molecule has 0 aliphatic carbocycles. The summed E-state index contributed by atoms with van der Waals surface area (Å²) < 4.78 is 23.5. The minimum Gasteiger partial charge on any atom is -0.494 e. The fraction of sp³-hybridized carbons (Fsp3) is 0.200. The van der Waals surface area contributed by atoms with E-state index in [-0.39, 0.29) is 17.8 Å². The maximum absolute atomic E-state index is 13.6. The molecule has 0 saturated carbocycles. The molecular weight excluding hydrogens is 337 g/mol. The Morgan fingerprint density at radius 2 is 1.81 bits per heavy atom. The molecule has 0 aliphatic heterocycles. The molecule has 0 aromatic heterocycles. The quantitative estimate of drug-likeness (QED) is 0.626. The monoisotopic (exact) mass is 357 g/mol. The van der Waals surface area contributed by atoms with Crippen LogP contribution in [-0.2, 0) is 9.53 Å². The zero-order chi connectivity index (χ0) is 19.1. The van der Waals surface area contributed by atoms with Crippen LogP contribution in [0.3, 0.4) is 0 Å². The number of carbonyl (C=O) groups is 2. The van der Waals surface area contributed by atoms with Crippen molar-refractivity contribution < 1.29 is 23.5 Å². The van der Waals surface area contributed by atoms with E-state index in [2.05, 4.69) is 5.32 Å². The lowest BCUT2D eigenvalue weighted by Crippen LogP contribution is -2.12. The Hall–Kier alpha value is -3.15. The molecule has 0 unspecified atom stereocenters. The molecule has 0 bridgehead atoms. The molecule has 6 heteroatoms. The van der Waals surface area contributed by atoms with Crippen molar-refractivity contribution in [3.8, 4) is 5.75 Å². The molecule has 0 heterocycles. The van der Waals surface area contributed by atoms with Crippen LogP contribution < -0.4 is 10.1 Å². The van der Waals surface area contributed by atoms with Crippen LogP contribution in [0.2, 0.25) is 0 Å². The highest BCUT2D eigenvalue weighted by Gasteiger charge is 2.09. The normalized spacial score (nSPS) is 10.8. The van der Waals surface area contributed by atoms with Crippen LogP contribution in [0.25, 0.3) is 6.08 Å². The molecule has 0 aliphatic rings. The van der Waals surface area contributed by atoms with Crippen LogP contribution in [0.15, 0.2) is 48.5 Å². The van der Waals surface area contributed by atoms with Gasteiger partial charge in [0, 0.05) is 11.8 Å². The van der Waals surface area contributed by atoms with Crippen LogP contribution in [0.1, 0.15) is 29.8 Å². The van der Waals surface area contributed by atoms with Crippen molar-refractivity contribution in [3.63, 3.8) is 0 Å². The van der Waals surface area contributed by atoms with Gasteiger partial charge in [-0.05, 0) is 61.9 Å². The van der Waals surface area contributed by atoms with Crippen molar-refractivity contribution in [2.24, 2.45) is 0 Å². The zero-order valence-corrected chi connectivity index (χ0v) is 14.8. The third-order valence-corrected chi connectivity index (χ3v) is 3.33. The second-order valence-electron chi connectivity index (χ2n) is 5.75. The number of ether oxygens (including phenoxy) is 2. The Bertz CT molecular complexity index is 813. The number of hydrogen-bond donors (Lipinski definition) is 1. The lowest BCUT2D eigenvalue weighted by molar-refractivity contribution is -0.111. The number of carbonyl (C=O) groups excluding carboxylic acids is 2. The van der Waals surface area contributed by atoms with Crippen LogP contribution in [0.4, 0.5) is 10.1 Å². The van der Waals surface area contributed by atoms with Gasteiger partial charge in [0.15, 0.2) is 11.6 Å². The first-order valence-corrected chi connectivity index (χ1v) is 8.02. The van der Waals surface area contributed by atoms with Crippen molar-refractivity contribution in [1.82, 2.24) is 0 Å². The van der Waals surface area contributed by atoms with Gasteiger partial charge in [0.05, 0.1) is 18.8 Å². The summed E-state index contributed by atoms with van der Waals surface area (Å²) in [4.78, 5) is 23.7. The van der Waals surface area contributed by atoms with Gasteiger partial charge < -0.3 is 14.8 Å². The third kappa shape index (κ3) is 5.44. The summed E-state index contributed by atoms with van der Waals surface area (Å²) in [6, 6.07) is 10.8. The van der Waals surface area contributed by atoms with Crippen LogP contribution in [0.5, 0.6) is 5.75 Å². The Morgan fingerprint density at radius 1 is 1.12 bits per heavy atom. The van der Waals surface area contributed by atoms with Crippen LogP contribution >= 0.6 is 0 Å². The van der Waals surface area contributed by atoms with E-state index in [1.165, 1.54) is 31.4 Å². The largest absolute Gasteiger partial charge is 0.494 e. The highest BCUT2D eigenvalue weighted by Crippen LogP contribution is 2.18. The lowest BCUT2D eigenvalue weighted by atomic mass is 10.2. The molecule has 0 radical (unpaired) electrons. The van der Waals surface area contributed by atoms with Crippen molar-refractivity contribution >= 4 is 23.6 Å². The summed E-state index contributed by atoms with van der Waals surface area (Å²) in [6.45, 7) is 3.54. The topological polar surface area (TPSA) is 64.6 Å². The molecule has 2 aromatic rings. The summed E-state index contributed by atoms with van der Waals surface area (Å²) >= 11 is 0. The van der Waals surface area contributed by atoms with Gasteiger partial charge in [-0.2, -0.15) is 0 Å². The van der Waals surface area contributed by atoms with Gasteiger partial charge in [-0.15, -0.1) is 0 Å². The molecule has 0 fully saturated rings. The number of anilines is 1. The molecule has 1 amide bonds. The second-order valence-corrected chi connectivity index (χ2v) is 5.75. The van der Waals surface area contributed by atoms with E-state index in [0.29, 0.717) is 16.8 Å². The standard InChI is InChI=1S/C20H20FNO4/c1-13(2)26-20(24)15-6-8-16(9-7-15)22-19(23)11-5-14-4-10-18(25-3)17(21)12-14/h4-13H,1-3H3,(H,22,23)/b11-5+. The fourth-order valence-corrected chi connectivity index (χ4v) is 2.11. The van der Waals surface area contributed by atoms with E-state index in [1.54, 1.807) is 44.2 Å². The van der Waals surface area contributed by atoms with Crippen LogP contribution in [-0.4, -0.2) is 25.1 Å². The Labute approximate surface area is 151 Å². The van der Waals surface area contributed by atoms with Gasteiger partial charge in [-0.3, -0.25) is 4.79 Å². The molecule has 2 rings (SSSR count). The summed E-state index contributed by atoms with van der Waals surface area (Å²) in [5.41, 5.74) is 1.47. The van der Waals surface area contributed by atoms with Gasteiger partial charge in [0.2, 0.25) is 5.91 Å². The molecule has 1 N–H and O–H groups in total. The first kappa shape index (κ1) is 19.2. The molecular formula is C20H20FNO4. The number of methoxy groups -OCH3 is 1. The Kier molecular flexibility index (Phi) is 6.49. The maximum atomic E-state index is 13.6. The van der Waals surface area contributed by atoms with Gasteiger partial charge >= 0.3 is 5.97 Å². The van der Waals surface area contributed by atoms with Gasteiger partial charge in [-0.1, -0.05) is 6.07 Å². The zero-order valence-electron chi connectivity index (χ0n) is 14.8. The summed E-state index contributed by atoms with van der Waals surface area (Å²) in [5, 5.41) is 2.66. The molecule has 5 nitrogen and oxygen atoms in total. The SMILES string of the molecule is COc1ccc(/C=C/C(=O)Nc2ccc(C(=O)OC(C)C)cc2)cc1F. The number of halogens is 1. The first-order chi connectivity index (χ1) is 12.4. The number of benzene rings is 2. The average molecular weight is 357 g/mol. The van der Waals surface area contributed by atoms with E-state index in [4.69, 9.17) is 9.47 Å². The first-order valence-electron chi connectivity index (χ1n) is 8.02. The highest BCUT2D eigenvalue weighted by molar-refractivity contribution is 6.02. The predicted molar refractivity (Wildman–Crippen MR) is 97.6 cm³/mol. The Balaban J connectivity index is 1.97. The van der Waals surface area contributed by atoms with Crippen molar-refractivity contribution in [3.05, 3.63) is 65.5 Å². The average Bonchev–Trinajstić information content (AvgIpc) is 2.60. The minimum atomic E-state index is -0.501. The lowest BCUT2D eigenvalue weighted by Gasteiger charge is -2.08. The van der Waals surface area contributed by atoms with Gasteiger partial charge in [-0.25, -0.2) is 9.18 Å². The number of rotatable bonds is 6. The molecule has 0 saturated heterocycles. The third-order valence-electron chi connectivity index (χ3n) is 3.33. The fourth-order valence-electron chi connectivity index (χ4n) is 2.11. The van der Waals surface area contributed by atoms with Crippen LogP contribution in [0, 0.1) is 5.82 Å². The highest BCUT2D eigenvalue weighted by atomic mass is 19.1. The van der Waals surface area contributed by atoms with Crippen molar-refractivity contribution in [2.75, 3.05) is 12.4 Å². The summed E-state index contributed by atoms with van der Waals surface area (Å²) in [5.74, 6) is -1.15. The van der Waals surface area contributed by atoms with Crippen molar-refractivity contribution in [2.45, 2.75) is 20.0 Å². The van der Waals surface area contributed by atoms with E-state index in [9.17, 15) is 14.0 Å². The molecule has 0 atom stereocenters. The van der Waals surface area contributed by atoms with E-state index >= 15 is 0 Å². The second kappa shape index (κ2) is 8.80. The number of hydrogen-bond acceptors (Lipinski definition) is 4. The van der Waals surface area contributed by atoms with E-state index in [0.717, 1.165) is 0 Å². The predicted octanol–water partition coefficient (Wildman–Crippen LogP) is 4.05. The smallest absolute Gasteiger partial charge is 0.338 e. The molecule has 26 heavy (non-hydrogen) atoms. The molecule has 0 spiro atoms. The van der Waals surface area contributed by atoms with Gasteiger partial charge in [0.25, 0.3) is 0 Å². The number of nitrogens with one attached hydrogen (secondary N) is 1. The number of esters is 1. The molecule has 136 valence electrons. The van der Waals surface area contributed by atoms with Crippen molar-refractivity contribution in [1.29, 1.82) is 0 Å². The number of amides is 1. The Morgan fingerprint density at radius 3 is 2.38 bits per heavy atom. The maximum Gasteiger partial charge on any atom is 0.338 e. The summed E-state index contributed by atoms with van der Waals surface area (Å²) in [6.07, 6.45) is 2.59.